The van der Waals surface area contributed by atoms with Gasteiger partial charge in [0.25, 0.3) is 0 Å². The summed E-state index contributed by atoms with van der Waals surface area (Å²) in [5.41, 5.74) is 2.51. The molecule has 0 amide bonds. The summed E-state index contributed by atoms with van der Waals surface area (Å²) >= 11 is 0. The van der Waals surface area contributed by atoms with E-state index in [4.69, 9.17) is 14.2 Å². The van der Waals surface area contributed by atoms with Gasteiger partial charge in [0, 0.05) is 25.3 Å². The summed E-state index contributed by atoms with van der Waals surface area (Å²) in [4.78, 5) is 4.41. The highest BCUT2D eigenvalue weighted by Gasteiger charge is 2.13. The van der Waals surface area contributed by atoms with Crippen LogP contribution in [0.4, 0.5) is 5.82 Å². The van der Waals surface area contributed by atoms with E-state index in [1.54, 1.807) is 32.0 Å². The summed E-state index contributed by atoms with van der Waals surface area (Å²) < 4.78 is 17.6. The van der Waals surface area contributed by atoms with Gasteiger partial charge in [-0.3, -0.25) is 0 Å². The monoisotopic (exact) mass is 328 g/mol. The molecule has 0 fully saturated rings. The lowest BCUT2D eigenvalue weighted by atomic mass is 10.1. The average Bonchev–Trinajstić information content (AvgIpc) is 3.04. The van der Waals surface area contributed by atoms with Crippen LogP contribution in [0.3, 0.4) is 0 Å². The molecule has 2 aromatic heterocycles. The average molecular weight is 328 g/mol. The van der Waals surface area contributed by atoms with E-state index < -0.39 is 0 Å². The van der Waals surface area contributed by atoms with E-state index in [0.29, 0.717) is 18.9 Å². The van der Waals surface area contributed by atoms with E-state index in [1.165, 1.54) is 0 Å². The Bertz CT molecular complexity index is 832. The van der Waals surface area contributed by atoms with Gasteiger partial charge in [0.05, 0.1) is 32.7 Å². The number of hydrogen-bond acceptors (Lipinski definition) is 6. The van der Waals surface area contributed by atoms with Crippen LogP contribution in [0, 0.1) is 0 Å². The molecule has 3 rings (SSSR count). The molecule has 0 saturated carbocycles. The summed E-state index contributed by atoms with van der Waals surface area (Å²) in [5, 5.41) is 7.82. The second-order valence-electron chi connectivity index (χ2n) is 5.12. The Balaban J connectivity index is 2.01. The zero-order valence-corrected chi connectivity index (χ0v) is 13.9. The number of methoxy groups -OCH3 is 3. The summed E-state index contributed by atoms with van der Waals surface area (Å²) in [6.45, 7) is 1.30. The molecule has 0 bridgehead atoms. The third-order valence-electron chi connectivity index (χ3n) is 3.66. The highest BCUT2D eigenvalue weighted by Crippen LogP contribution is 2.33. The van der Waals surface area contributed by atoms with Crippen molar-refractivity contribution in [3.63, 3.8) is 0 Å². The van der Waals surface area contributed by atoms with Gasteiger partial charge in [0.2, 0.25) is 0 Å². The van der Waals surface area contributed by atoms with E-state index in [-0.39, 0.29) is 0 Å². The van der Waals surface area contributed by atoms with Crippen LogP contribution in [-0.2, 0) is 4.74 Å². The van der Waals surface area contributed by atoms with Crippen molar-refractivity contribution in [1.29, 1.82) is 0 Å². The van der Waals surface area contributed by atoms with Crippen LogP contribution >= 0.6 is 0 Å². The van der Waals surface area contributed by atoms with Gasteiger partial charge in [-0.1, -0.05) is 0 Å². The Labute approximate surface area is 140 Å². The lowest BCUT2D eigenvalue weighted by Crippen LogP contribution is -2.10. The molecule has 0 unspecified atom stereocenters. The number of benzene rings is 1. The van der Waals surface area contributed by atoms with E-state index in [2.05, 4.69) is 15.4 Å². The van der Waals surface area contributed by atoms with Gasteiger partial charge in [-0.05, 0) is 24.3 Å². The largest absolute Gasteiger partial charge is 0.497 e. The molecule has 126 valence electrons. The molecular formula is C17H20N4O3. The fourth-order valence-corrected chi connectivity index (χ4v) is 2.44. The lowest BCUT2D eigenvalue weighted by molar-refractivity contribution is 0.210. The van der Waals surface area contributed by atoms with Crippen molar-refractivity contribution in [3.8, 4) is 22.8 Å². The molecule has 1 N–H and O–H groups in total. The zero-order valence-electron chi connectivity index (χ0n) is 13.9. The maximum atomic E-state index is 5.49. The first-order valence-corrected chi connectivity index (χ1v) is 7.57. The number of anilines is 1. The van der Waals surface area contributed by atoms with Gasteiger partial charge >= 0.3 is 0 Å². The van der Waals surface area contributed by atoms with Crippen LogP contribution in [-0.4, -0.2) is 49.1 Å². The van der Waals surface area contributed by atoms with Crippen molar-refractivity contribution >= 4 is 11.5 Å². The van der Waals surface area contributed by atoms with Crippen molar-refractivity contribution < 1.29 is 14.2 Å². The molecule has 3 aromatic rings. The van der Waals surface area contributed by atoms with Crippen LogP contribution in [0.2, 0.25) is 0 Å². The first kappa shape index (κ1) is 16.1. The third-order valence-corrected chi connectivity index (χ3v) is 3.66. The predicted molar refractivity (Wildman–Crippen MR) is 91.9 cm³/mol. The number of imidazole rings is 1. The number of rotatable bonds is 7. The van der Waals surface area contributed by atoms with Crippen LogP contribution in [0.1, 0.15) is 0 Å². The number of hydrogen-bond donors (Lipinski definition) is 1. The molecule has 0 atom stereocenters. The van der Waals surface area contributed by atoms with Gasteiger partial charge in [0.1, 0.15) is 17.3 Å². The van der Waals surface area contributed by atoms with Crippen LogP contribution in [0.5, 0.6) is 11.5 Å². The van der Waals surface area contributed by atoms with Gasteiger partial charge in [-0.15, -0.1) is 5.10 Å². The third kappa shape index (κ3) is 3.11. The quantitative estimate of drug-likeness (QED) is 0.672. The molecule has 0 aliphatic rings. The second kappa shape index (κ2) is 7.18. The van der Waals surface area contributed by atoms with Gasteiger partial charge < -0.3 is 19.5 Å². The molecule has 7 heteroatoms. The van der Waals surface area contributed by atoms with Crippen molar-refractivity contribution in [3.05, 3.63) is 36.5 Å². The SMILES string of the molecule is COCCNc1ccc2ncc(-c3ccc(OC)cc3OC)n2n1. The number of nitrogens with one attached hydrogen (secondary N) is 1. The van der Waals surface area contributed by atoms with Crippen molar-refractivity contribution in [2.45, 2.75) is 0 Å². The Kier molecular flexibility index (Phi) is 4.81. The van der Waals surface area contributed by atoms with E-state index in [1.807, 2.05) is 30.3 Å². The van der Waals surface area contributed by atoms with E-state index in [0.717, 1.165) is 28.5 Å². The number of aromatic nitrogens is 3. The minimum atomic E-state index is 0.614. The molecule has 1 aromatic carbocycles. The highest BCUT2D eigenvalue weighted by atomic mass is 16.5. The maximum Gasteiger partial charge on any atom is 0.154 e. The number of ether oxygens (including phenoxy) is 3. The molecule has 24 heavy (non-hydrogen) atoms. The van der Waals surface area contributed by atoms with E-state index >= 15 is 0 Å². The van der Waals surface area contributed by atoms with Crippen LogP contribution in [0.15, 0.2) is 36.5 Å². The summed E-state index contributed by atoms with van der Waals surface area (Å²) in [6.07, 6.45) is 1.78. The smallest absolute Gasteiger partial charge is 0.154 e. The van der Waals surface area contributed by atoms with Crippen LogP contribution < -0.4 is 14.8 Å². The van der Waals surface area contributed by atoms with Gasteiger partial charge in [-0.2, -0.15) is 0 Å². The minimum Gasteiger partial charge on any atom is -0.497 e. The summed E-state index contributed by atoms with van der Waals surface area (Å²) in [6, 6.07) is 9.48. The lowest BCUT2D eigenvalue weighted by Gasteiger charge is -2.10. The topological polar surface area (TPSA) is 69.9 Å². The maximum absolute atomic E-state index is 5.49. The number of nitrogens with zero attached hydrogens (tertiary/aromatic N) is 3. The molecule has 0 spiro atoms. The molecule has 7 nitrogen and oxygen atoms in total. The second-order valence-corrected chi connectivity index (χ2v) is 5.12. The van der Waals surface area contributed by atoms with Crippen molar-refractivity contribution in [1.82, 2.24) is 14.6 Å². The standard InChI is InChI=1S/C17H20N4O3/c1-22-9-8-18-16-6-7-17-19-11-14(21(17)20-16)13-5-4-12(23-2)10-15(13)24-3/h4-7,10-11H,8-9H2,1-3H3,(H,18,20). The highest BCUT2D eigenvalue weighted by molar-refractivity contribution is 5.71. The Hall–Kier alpha value is -2.80. The van der Waals surface area contributed by atoms with Gasteiger partial charge in [-0.25, -0.2) is 9.50 Å². The first-order chi connectivity index (χ1) is 11.8. The predicted octanol–water partition coefficient (Wildman–Crippen LogP) is 2.47. The fraction of sp³-hybridized carbons (Fsp3) is 0.294. The van der Waals surface area contributed by atoms with Crippen molar-refractivity contribution in [2.24, 2.45) is 0 Å². The Morgan fingerprint density at radius 3 is 2.71 bits per heavy atom. The molecule has 0 radical (unpaired) electrons. The van der Waals surface area contributed by atoms with Crippen molar-refractivity contribution in [2.75, 3.05) is 39.8 Å². The summed E-state index contributed by atoms with van der Waals surface area (Å²) in [7, 11) is 4.93. The number of fused-ring (bicyclic) bond motifs is 1. The molecule has 0 saturated heterocycles. The molecule has 0 aliphatic heterocycles. The summed E-state index contributed by atoms with van der Waals surface area (Å²) in [5.74, 6) is 2.20. The molecule has 0 aliphatic carbocycles. The fourth-order valence-electron chi connectivity index (χ4n) is 2.44. The Morgan fingerprint density at radius 2 is 1.96 bits per heavy atom. The first-order valence-electron chi connectivity index (χ1n) is 7.57. The van der Waals surface area contributed by atoms with Crippen LogP contribution in [0.25, 0.3) is 16.9 Å². The minimum absolute atomic E-state index is 0.614. The van der Waals surface area contributed by atoms with Gasteiger partial charge in [0.15, 0.2) is 5.65 Å². The molecular weight excluding hydrogens is 308 g/mol. The normalized spacial score (nSPS) is 10.8. The zero-order chi connectivity index (χ0) is 16.9. The Morgan fingerprint density at radius 1 is 1.08 bits per heavy atom. The van der Waals surface area contributed by atoms with E-state index in [9.17, 15) is 0 Å². The molecule has 2 heterocycles.